The molecule has 2 N–H and O–H groups in total. The third kappa shape index (κ3) is 3.89. The van der Waals surface area contributed by atoms with Crippen LogP contribution in [-0.4, -0.2) is 12.3 Å². The predicted molar refractivity (Wildman–Crippen MR) is 68.1 cm³/mol. The Morgan fingerprint density at radius 2 is 2.06 bits per heavy atom. The van der Waals surface area contributed by atoms with E-state index in [1.54, 1.807) is 0 Å². The molecule has 1 saturated carbocycles. The van der Waals surface area contributed by atoms with Gasteiger partial charge in [0.25, 0.3) is 0 Å². The molecule has 94 valence electrons. The van der Waals surface area contributed by atoms with Crippen LogP contribution in [0.5, 0.6) is 0 Å². The Morgan fingerprint density at radius 1 is 1.38 bits per heavy atom. The first-order valence-corrected chi connectivity index (χ1v) is 6.78. The summed E-state index contributed by atoms with van der Waals surface area (Å²) in [6.45, 7) is 7.13. The number of carbonyl (C=O) groups is 1. The molecule has 0 radical (unpaired) electrons. The molecule has 0 saturated heterocycles. The molecule has 1 rings (SSSR count). The normalized spacial score (nSPS) is 28.1. The van der Waals surface area contributed by atoms with Crippen molar-refractivity contribution in [1.29, 1.82) is 0 Å². The molecule has 16 heavy (non-hydrogen) atoms. The van der Waals surface area contributed by atoms with Crippen LogP contribution in [0.25, 0.3) is 0 Å². The first-order valence-electron chi connectivity index (χ1n) is 6.78. The van der Waals surface area contributed by atoms with Crippen molar-refractivity contribution in [3.8, 4) is 0 Å². The number of Topliss-reactive ketones (excluding diaryl/α,β-unsaturated/α-hetero) is 1. The van der Waals surface area contributed by atoms with Gasteiger partial charge in [-0.25, -0.2) is 0 Å². The van der Waals surface area contributed by atoms with Gasteiger partial charge in [0, 0.05) is 18.4 Å². The third-order valence-corrected chi connectivity index (χ3v) is 3.78. The highest BCUT2D eigenvalue weighted by molar-refractivity contribution is 5.83. The van der Waals surface area contributed by atoms with Crippen LogP contribution in [0.2, 0.25) is 0 Å². The minimum atomic E-state index is 0.107. The first kappa shape index (κ1) is 13.7. The zero-order valence-corrected chi connectivity index (χ0v) is 11.0. The maximum atomic E-state index is 12.3. The van der Waals surface area contributed by atoms with Gasteiger partial charge in [-0.2, -0.15) is 0 Å². The van der Waals surface area contributed by atoms with Gasteiger partial charge in [-0.05, 0) is 31.1 Å². The summed E-state index contributed by atoms with van der Waals surface area (Å²) in [6, 6.07) is 0. The van der Waals surface area contributed by atoms with Gasteiger partial charge in [0.1, 0.15) is 5.78 Å². The van der Waals surface area contributed by atoms with E-state index in [0.29, 0.717) is 24.2 Å². The Hall–Kier alpha value is -0.370. The SMILES string of the molecule is CC(C)CC(CN)C(=O)C1CCCC(C)C1. The Morgan fingerprint density at radius 3 is 2.56 bits per heavy atom. The van der Waals surface area contributed by atoms with Crippen molar-refractivity contribution in [2.24, 2.45) is 29.4 Å². The minimum Gasteiger partial charge on any atom is -0.330 e. The lowest BCUT2D eigenvalue weighted by Gasteiger charge is -2.29. The number of rotatable bonds is 5. The van der Waals surface area contributed by atoms with Crippen molar-refractivity contribution < 1.29 is 4.79 Å². The van der Waals surface area contributed by atoms with Gasteiger partial charge < -0.3 is 5.73 Å². The van der Waals surface area contributed by atoms with E-state index in [-0.39, 0.29) is 5.92 Å². The molecule has 0 aromatic heterocycles. The summed E-state index contributed by atoms with van der Waals surface area (Å²) in [5.74, 6) is 2.15. The fraction of sp³-hybridized carbons (Fsp3) is 0.929. The molecule has 3 unspecified atom stereocenters. The van der Waals surface area contributed by atoms with E-state index in [1.165, 1.54) is 12.8 Å². The summed E-state index contributed by atoms with van der Waals surface area (Å²) in [5, 5.41) is 0. The summed E-state index contributed by atoms with van der Waals surface area (Å²) in [5.41, 5.74) is 5.74. The fourth-order valence-electron chi connectivity index (χ4n) is 2.92. The van der Waals surface area contributed by atoms with Crippen LogP contribution in [0.15, 0.2) is 0 Å². The van der Waals surface area contributed by atoms with Crippen LogP contribution in [0, 0.1) is 23.7 Å². The molecule has 0 bridgehead atoms. The Labute approximate surface area is 100.0 Å². The van der Waals surface area contributed by atoms with E-state index < -0.39 is 0 Å². The van der Waals surface area contributed by atoms with E-state index >= 15 is 0 Å². The standard InChI is InChI=1S/C14H27NO/c1-10(2)7-13(9-15)14(16)12-6-4-5-11(3)8-12/h10-13H,4-9,15H2,1-3H3. The fourth-order valence-corrected chi connectivity index (χ4v) is 2.92. The topological polar surface area (TPSA) is 43.1 Å². The van der Waals surface area contributed by atoms with Gasteiger partial charge in [0.2, 0.25) is 0 Å². The molecule has 0 amide bonds. The second-order valence-electron chi connectivity index (χ2n) is 5.93. The van der Waals surface area contributed by atoms with E-state index in [0.717, 1.165) is 25.2 Å². The predicted octanol–water partition coefficient (Wildman–Crippen LogP) is 3.00. The summed E-state index contributed by atoms with van der Waals surface area (Å²) in [6.07, 6.45) is 5.66. The van der Waals surface area contributed by atoms with Crippen molar-refractivity contribution >= 4 is 5.78 Å². The third-order valence-electron chi connectivity index (χ3n) is 3.78. The van der Waals surface area contributed by atoms with Crippen molar-refractivity contribution in [3.05, 3.63) is 0 Å². The highest BCUT2D eigenvalue weighted by Gasteiger charge is 2.29. The highest BCUT2D eigenvalue weighted by Crippen LogP contribution is 2.31. The molecule has 1 aliphatic carbocycles. The monoisotopic (exact) mass is 225 g/mol. The molecule has 2 heteroatoms. The molecule has 1 aliphatic rings. The van der Waals surface area contributed by atoms with Crippen LogP contribution >= 0.6 is 0 Å². The molecule has 0 heterocycles. The Bertz CT molecular complexity index is 219. The first-order chi connectivity index (χ1) is 7.54. The maximum absolute atomic E-state index is 12.3. The lowest BCUT2D eigenvalue weighted by Crippen LogP contribution is -2.33. The number of ketones is 1. The van der Waals surface area contributed by atoms with Crippen LogP contribution in [0.3, 0.4) is 0 Å². The summed E-state index contributed by atoms with van der Waals surface area (Å²) in [4.78, 5) is 12.3. The lowest BCUT2D eigenvalue weighted by molar-refractivity contribution is -0.128. The second kappa shape index (κ2) is 6.39. The lowest BCUT2D eigenvalue weighted by atomic mass is 9.76. The molecular weight excluding hydrogens is 198 g/mol. The van der Waals surface area contributed by atoms with Crippen molar-refractivity contribution in [3.63, 3.8) is 0 Å². The van der Waals surface area contributed by atoms with Gasteiger partial charge in [-0.3, -0.25) is 4.79 Å². The van der Waals surface area contributed by atoms with Gasteiger partial charge in [0.05, 0.1) is 0 Å². The maximum Gasteiger partial charge on any atom is 0.140 e. The summed E-state index contributed by atoms with van der Waals surface area (Å²) in [7, 11) is 0. The number of hydrogen-bond donors (Lipinski definition) is 1. The molecule has 2 nitrogen and oxygen atoms in total. The zero-order valence-electron chi connectivity index (χ0n) is 11.0. The quantitative estimate of drug-likeness (QED) is 0.781. The van der Waals surface area contributed by atoms with Gasteiger partial charge in [-0.1, -0.05) is 33.6 Å². The minimum absolute atomic E-state index is 0.107. The smallest absolute Gasteiger partial charge is 0.140 e. The second-order valence-corrected chi connectivity index (χ2v) is 5.93. The van der Waals surface area contributed by atoms with Crippen LogP contribution < -0.4 is 5.73 Å². The number of nitrogens with two attached hydrogens (primary N) is 1. The Balaban J connectivity index is 2.52. The van der Waals surface area contributed by atoms with Crippen LogP contribution in [0.4, 0.5) is 0 Å². The summed E-state index contributed by atoms with van der Waals surface area (Å²) >= 11 is 0. The van der Waals surface area contributed by atoms with Crippen LogP contribution in [0.1, 0.15) is 52.9 Å². The van der Waals surface area contributed by atoms with Crippen molar-refractivity contribution in [1.82, 2.24) is 0 Å². The number of carbonyl (C=O) groups excluding carboxylic acids is 1. The van der Waals surface area contributed by atoms with E-state index in [9.17, 15) is 4.79 Å². The summed E-state index contributed by atoms with van der Waals surface area (Å²) < 4.78 is 0. The Kier molecular flexibility index (Phi) is 5.47. The average molecular weight is 225 g/mol. The molecule has 0 aromatic carbocycles. The zero-order chi connectivity index (χ0) is 12.1. The van der Waals surface area contributed by atoms with Gasteiger partial charge in [0.15, 0.2) is 0 Å². The molecule has 3 atom stereocenters. The molecule has 0 spiro atoms. The largest absolute Gasteiger partial charge is 0.330 e. The molecule has 1 fully saturated rings. The molecular formula is C14H27NO. The van der Waals surface area contributed by atoms with E-state index in [2.05, 4.69) is 20.8 Å². The highest BCUT2D eigenvalue weighted by atomic mass is 16.1. The van der Waals surface area contributed by atoms with Crippen molar-refractivity contribution in [2.45, 2.75) is 52.9 Å². The van der Waals surface area contributed by atoms with Gasteiger partial charge >= 0.3 is 0 Å². The van der Waals surface area contributed by atoms with Crippen molar-refractivity contribution in [2.75, 3.05) is 6.54 Å². The van der Waals surface area contributed by atoms with E-state index in [1.807, 2.05) is 0 Å². The molecule has 0 aliphatic heterocycles. The van der Waals surface area contributed by atoms with Gasteiger partial charge in [-0.15, -0.1) is 0 Å². The molecule has 0 aromatic rings. The average Bonchev–Trinajstić information content (AvgIpc) is 2.24. The van der Waals surface area contributed by atoms with E-state index in [4.69, 9.17) is 5.73 Å². The number of hydrogen-bond acceptors (Lipinski definition) is 2. The van der Waals surface area contributed by atoms with Crippen LogP contribution in [-0.2, 0) is 4.79 Å².